The van der Waals surface area contributed by atoms with Crippen molar-refractivity contribution in [3.05, 3.63) is 70.6 Å². The van der Waals surface area contributed by atoms with E-state index in [4.69, 9.17) is 5.73 Å². The number of hydrogen-bond donors (Lipinski definition) is 1. The van der Waals surface area contributed by atoms with E-state index in [1.54, 1.807) is 18.2 Å². The second-order valence-electron chi connectivity index (χ2n) is 4.36. The molecule has 0 amide bonds. The van der Waals surface area contributed by atoms with E-state index in [1.165, 1.54) is 35.6 Å². The molecule has 0 aliphatic carbocycles. The molecule has 3 aromatic rings. The minimum absolute atomic E-state index is 0.264. The fourth-order valence-corrected chi connectivity index (χ4v) is 3.16. The molecule has 0 saturated carbocycles. The summed E-state index contributed by atoms with van der Waals surface area (Å²) in [5, 5.41) is 0.952. The number of rotatable bonds is 2. The van der Waals surface area contributed by atoms with Gasteiger partial charge in [0, 0.05) is 9.58 Å². The lowest BCUT2D eigenvalue weighted by atomic mass is 10.1. The van der Waals surface area contributed by atoms with Crippen LogP contribution in [-0.4, -0.2) is 0 Å². The molecule has 1 aromatic heterocycles. The van der Waals surface area contributed by atoms with Gasteiger partial charge in [-0.2, -0.15) is 0 Å². The van der Waals surface area contributed by atoms with E-state index in [0.29, 0.717) is 5.56 Å². The van der Waals surface area contributed by atoms with E-state index in [9.17, 15) is 8.78 Å². The summed E-state index contributed by atoms with van der Waals surface area (Å²) in [7, 11) is 0. The molecule has 0 spiro atoms. The first kappa shape index (κ1) is 12.3. The third-order valence-corrected chi connectivity index (χ3v) is 4.20. The Hall–Kier alpha value is -1.78. The van der Waals surface area contributed by atoms with Gasteiger partial charge in [-0.1, -0.05) is 18.2 Å². The second-order valence-corrected chi connectivity index (χ2v) is 5.48. The van der Waals surface area contributed by atoms with Gasteiger partial charge in [0.15, 0.2) is 0 Å². The Morgan fingerprint density at radius 2 is 1.74 bits per heavy atom. The smallest absolute Gasteiger partial charge is 0.124 e. The quantitative estimate of drug-likeness (QED) is 0.744. The first-order valence-corrected chi connectivity index (χ1v) is 6.65. The van der Waals surface area contributed by atoms with E-state index in [2.05, 4.69) is 0 Å². The SMILES string of the molecule is NC(c1cccc(F)c1)c1cc2ccc(F)cc2s1. The van der Waals surface area contributed by atoms with Gasteiger partial charge in [0.25, 0.3) is 0 Å². The zero-order valence-electron chi connectivity index (χ0n) is 9.94. The molecule has 1 nitrogen and oxygen atoms in total. The van der Waals surface area contributed by atoms with Gasteiger partial charge in [0.05, 0.1) is 6.04 Å². The number of thiophene rings is 1. The molecule has 0 bridgehead atoms. The van der Waals surface area contributed by atoms with Crippen LogP contribution < -0.4 is 5.73 Å². The zero-order chi connectivity index (χ0) is 13.4. The summed E-state index contributed by atoms with van der Waals surface area (Å²) in [6, 6.07) is 12.4. The molecule has 1 unspecified atom stereocenters. The molecule has 1 atom stereocenters. The second kappa shape index (κ2) is 4.72. The van der Waals surface area contributed by atoms with Crippen LogP contribution in [0.1, 0.15) is 16.5 Å². The van der Waals surface area contributed by atoms with Gasteiger partial charge < -0.3 is 5.73 Å². The van der Waals surface area contributed by atoms with Crippen LogP contribution >= 0.6 is 11.3 Å². The van der Waals surface area contributed by atoms with Crippen LogP contribution in [0.2, 0.25) is 0 Å². The Balaban J connectivity index is 2.04. The maximum absolute atomic E-state index is 13.2. The fourth-order valence-electron chi connectivity index (χ4n) is 2.04. The Bertz CT molecular complexity index is 736. The molecular weight excluding hydrogens is 264 g/mol. The van der Waals surface area contributed by atoms with Crippen LogP contribution in [0.15, 0.2) is 48.5 Å². The summed E-state index contributed by atoms with van der Waals surface area (Å²) in [4.78, 5) is 0.895. The van der Waals surface area contributed by atoms with Gasteiger partial charge in [0.1, 0.15) is 11.6 Å². The third-order valence-electron chi connectivity index (χ3n) is 3.02. The normalized spacial score (nSPS) is 12.8. The summed E-state index contributed by atoms with van der Waals surface area (Å²) < 4.78 is 27.2. The first-order valence-electron chi connectivity index (χ1n) is 5.83. The van der Waals surface area contributed by atoms with E-state index in [0.717, 1.165) is 15.0 Å². The van der Waals surface area contributed by atoms with Gasteiger partial charge in [-0.3, -0.25) is 0 Å². The summed E-state index contributed by atoms with van der Waals surface area (Å²) in [5.41, 5.74) is 6.85. The molecule has 2 N–H and O–H groups in total. The predicted octanol–water partition coefficient (Wildman–Crippen LogP) is 4.23. The molecule has 0 radical (unpaired) electrons. The molecule has 4 heteroatoms. The summed E-state index contributed by atoms with van der Waals surface area (Å²) in [6.45, 7) is 0. The molecular formula is C15H11F2NS. The number of nitrogens with two attached hydrogens (primary N) is 1. The molecule has 19 heavy (non-hydrogen) atoms. The number of hydrogen-bond acceptors (Lipinski definition) is 2. The highest BCUT2D eigenvalue weighted by atomic mass is 32.1. The van der Waals surface area contributed by atoms with Crippen molar-refractivity contribution in [3.8, 4) is 0 Å². The van der Waals surface area contributed by atoms with Crippen molar-refractivity contribution in [1.82, 2.24) is 0 Å². The molecule has 0 aliphatic heterocycles. The Kier molecular flexibility index (Phi) is 3.05. The molecule has 0 fully saturated rings. The number of halogens is 2. The lowest BCUT2D eigenvalue weighted by Crippen LogP contribution is -2.10. The van der Waals surface area contributed by atoms with Crippen molar-refractivity contribution in [2.24, 2.45) is 5.73 Å². The van der Waals surface area contributed by atoms with Gasteiger partial charge in [-0.25, -0.2) is 8.78 Å². The highest BCUT2D eigenvalue weighted by molar-refractivity contribution is 7.19. The number of fused-ring (bicyclic) bond motifs is 1. The Morgan fingerprint density at radius 1 is 0.947 bits per heavy atom. The standard InChI is InChI=1S/C15H11F2NS/c16-11-3-1-2-10(6-11)15(18)14-7-9-4-5-12(17)8-13(9)19-14/h1-8,15H,18H2. The van der Waals surface area contributed by atoms with Crippen molar-refractivity contribution in [2.75, 3.05) is 0 Å². The first-order chi connectivity index (χ1) is 9.13. The molecule has 3 rings (SSSR count). The maximum Gasteiger partial charge on any atom is 0.124 e. The highest BCUT2D eigenvalue weighted by Crippen LogP contribution is 2.32. The molecule has 96 valence electrons. The largest absolute Gasteiger partial charge is 0.320 e. The van der Waals surface area contributed by atoms with Crippen molar-refractivity contribution >= 4 is 21.4 Å². The molecule has 1 heterocycles. The van der Waals surface area contributed by atoms with Crippen molar-refractivity contribution in [3.63, 3.8) is 0 Å². The van der Waals surface area contributed by atoms with Gasteiger partial charge in [-0.15, -0.1) is 11.3 Å². The Morgan fingerprint density at radius 3 is 2.53 bits per heavy atom. The predicted molar refractivity (Wildman–Crippen MR) is 74.2 cm³/mol. The molecule has 2 aromatic carbocycles. The van der Waals surface area contributed by atoms with E-state index in [-0.39, 0.29) is 11.6 Å². The third kappa shape index (κ3) is 2.37. The average Bonchev–Trinajstić information content (AvgIpc) is 2.80. The van der Waals surface area contributed by atoms with Crippen LogP contribution in [0, 0.1) is 11.6 Å². The van der Waals surface area contributed by atoms with Crippen molar-refractivity contribution in [1.29, 1.82) is 0 Å². The van der Waals surface area contributed by atoms with E-state index < -0.39 is 6.04 Å². The summed E-state index contributed by atoms with van der Waals surface area (Å²) >= 11 is 1.43. The maximum atomic E-state index is 13.2. The van der Waals surface area contributed by atoms with E-state index >= 15 is 0 Å². The van der Waals surface area contributed by atoms with Crippen molar-refractivity contribution in [2.45, 2.75) is 6.04 Å². The lowest BCUT2D eigenvalue weighted by molar-refractivity contribution is 0.624. The average molecular weight is 275 g/mol. The summed E-state index contributed by atoms with van der Waals surface area (Å²) in [5.74, 6) is -0.569. The van der Waals surface area contributed by atoms with Crippen LogP contribution in [-0.2, 0) is 0 Å². The zero-order valence-corrected chi connectivity index (χ0v) is 10.8. The fraction of sp³-hybridized carbons (Fsp3) is 0.0667. The minimum atomic E-state index is -0.392. The number of benzene rings is 2. The molecule has 0 aliphatic rings. The lowest BCUT2D eigenvalue weighted by Gasteiger charge is -2.09. The highest BCUT2D eigenvalue weighted by Gasteiger charge is 2.13. The topological polar surface area (TPSA) is 26.0 Å². The van der Waals surface area contributed by atoms with Gasteiger partial charge >= 0.3 is 0 Å². The van der Waals surface area contributed by atoms with Gasteiger partial charge in [0.2, 0.25) is 0 Å². The van der Waals surface area contributed by atoms with Crippen LogP contribution in [0.5, 0.6) is 0 Å². The monoisotopic (exact) mass is 275 g/mol. The molecule has 0 saturated heterocycles. The van der Waals surface area contributed by atoms with Crippen LogP contribution in [0.25, 0.3) is 10.1 Å². The van der Waals surface area contributed by atoms with Gasteiger partial charge in [-0.05, 0) is 41.3 Å². The summed E-state index contributed by atoms with van der Waals surface area (Å²) in [6.07, 6.45) is 0. The van der Waals surface area contributed by atoms with Crippen LogP contribution in [0.3, 0.4) is 0 Å². The van der Waals surface area contributed by atoms with Crippen molar-refractivity contribution < 1.29 is 8.78 Å². The minimum Gasteiger partial charge on any atom is -0.320 e. The Labute approximate surface area is 113 Å². The van der Waals surface area contributed by atoms with Crippen LogP contribution in [0.4, 0.5) is 8.78 Å². The van der Waals surface area contributed by atoms with E-state index in [1.807, 2.05) is 6.07 Å².